The number of hydrogen-bond acceptors (Lipinski definition) is 28. The predicted molar refractivity (Wildman–Crippen MR) is 482 cm³/mol. The highest BCUT2D eigenvalue weighted by Gasteiger charge is 2.81. The van der Waals surface area contributed by atoms with Gasteiger partial charge in [0.05, 0.1) is 94.7 Å². The van der Waals surface area contributed by atoms with Crippen LogP contribution in [-0.4, -0.2) is 144 Å². The van der Waals surface area contributed by atoms with Gasteiger partial charge in [-0.15, -0.1) is 0 Å². The first-order valence-corrected chi connectivity index (χ1v) is 42.2. The minimum Gasteiger partial charge on any atom is -0.501 e. The zero-order valence-electron chi connectivity index (χ0n) is 71.4. The Balaban J connectivity index is 0.000000130. The Labute approximate surface area is 774 Å². The molecule has 6 aliphatic rings. The van der Waals surface area contributed by atoms with E-state index in [0.29, 0.717) is 72.0 Å². The second kappa shape index (κ2) is 37.8. The molecular weight excluding hydrogens is 1780 g/mol. The van der Waals surface area contributed by atoms with Gasteiger partial charge in [0.25, 0.3) is 5.43 Å². The number of aliphatic hydroxyl groups is 4. The van der Waals surface area contributed by atoms with Gasteiger partial charge < -0.3 is 82.1 Å². The summed E-state index contributed by atoms with van der Waals surface area (Å²) in [5.74, 6) is -7.77. The van der Waals surface area contributed by atoms with Crippen molar-refractivity contribution >= 4 is 99.0 Å². The molecule has 3 fully saturated rings. The monoisotopic (exact) mass is 1860 g/mol. The smallest absolute Gasteiger partial charge is 0.330 e. The lowest BCUT2D eigenvalue weighted by atomic mass is 9.71. The molecule has 0 amide bonds. The molecule has 3 aliphatic carbocycles. The van der Waals surface area contributed by atoms with E-state index >= 15 is 0 Å². The molecule has 13 aromatic rings. The van der Waals surface area contributed by atoms with Crippen molar-refractivity contribution in [3.8, 4) is 57.3 Å². The van der Waals surface area contributed by atoms with Crippen LogP contribution in [0.2, 0.25) is 20.1 Å². The molecule has 8 heterocycles. The molecule has 0 saturated heterocycles. The summed E-state index contributed by atoms with van der Waals surface area (Å²) >= 11 is 24.3. The van der Waals surface area contributed by atoms with E-state index in [-0.39, 0.29) is 67.2 Å². The van der Waals surface area contributed by atoms with Gasteiger partial charge >= 0.3 is 23.9 Å². The van der Waals surface area contributed by atoms with Crippen LogP contribution in [0.1, 0.15) is 73.8 Å². The maximum Gasteiger partial charge on any atom is 0.330 e. The topological polar surface area (TPSA) is 387 Å². The molecule has 28 nitrogen and oxygen atoms in total. The van der Waals surface area contributed by atoms with Gasteiger partial charge in [-0.25, -0.2) is 9.78 Å². The van der Waals surface area contributed by atoms with Gasteiger partial charge in [-0.05, 0) is 94.6 Å². The number of halogens is 4. The quantitative estimate of drug-likeness (QED) is 0.0259. The molecular formula is C100H82Cl4N4O24. The number of aliphatic hydroxyl groups excluding tert-OH is 1. The fraction of sp³-hybridized carbons (Fsp3) is 0.210. The van der Waals surface area contributed by atoms with E-state index in [1.54, 1.807) is 172 Å². The number of nitrogens with zero attached hydrogens (tertiary/aromatic N) is 4. The summed E-state index contributed by atoms with van der Waals surface area (Å²) in [4.78, 5) is 107. The Kier molecular flexibility index (Phi) is 26.5. The fourth-order valence-corrected chi connectivity index (χ4v) is 19.0. The summed E-state index contributed by atoms with van der Waals surface area (Å²) in [5.41, 5.74) is -6.96. The van der Waals surface area contributed by atoms with Crippen LogP contribution in [0.25, 0.3) is 28.5 Å². The molecule has 2 bridgehead atoms. The summed E-state index contributed by atoms with van der Waals surface area (Å²) in [6.07, 6.45) is 6.88. The average molecular weight is 1870 g/mol. The fourth-order valence-electron chi connectivity index (χ4n) is 18.4. The molecule has 8 aromatic carbocycles. The predicted octanol–water partition coefficient (Wildman–Crippen LogP) is 15.0. The van der Waals surface area contributed by atoms with Crippen LogP contribution in [0, 0.1) is 17.8 Å². The number of Topliss-reactive ketones (excluding diaryl/α,β-unsaturated/α-hetero) is 2. The third kappa shape index (κ3) is 15.7. The van der Waals surface area contributed by atoms with Crippen LogP contribution in [0.5, 0.6) is 46.0 Å². The molecule has 674 valence electrons. The highest BCUT2D eigenvalue weighted by Crippen LogP contribution is 2.70. The minimum absolute atomic E-state index is 0.0139. The normalized spacial score (nSPS) is 23.8. The first-order valence-electron chi connectivity index (χ1n) is 40.6. The van der Waals surface area contributed by atoms with E-state index in [4.69, 9.17) is 98.2 Å². The molecule has 0 radical (unpaired) electrons. The van der Waals surface area contributed by atoms with Crippen LogP contribution in [-0.2, 0) is 81.3 Å². The number of fused-ring (bicyclic) bond motifs is 11. The molecule has 3 aliphatic heterocycles. The number of carbonyl (C=O) groups excluding carboxylic acids is 6. The van der Waals surface area contributed by atoms with E-state index in [0.717, 1.165) is 5.56 Å². The highest BCUT2D eigenvalue weighted by molar-refractivity contribution is 6.32. The lowest BCUT2D eigenvalue weighted by Crippen LogP contribution is -2.52. The van der Waals surface area contributed by atoms with E-state index in [9.17, 15) is 59.1 Å². The van der Waals surface area contributed by atoms with Crippen molar-refractivity contribution in [2.75, 3.05) is 56.9 Å². The summed E-state index contributed by atoms with van der Waals surface area (Å²) in [7, 11) is 11.2. The van der Waals surface area contributed by atoms with Crippen LogP contribution in [0.3, 0.4) is 0 Å². The molecule has 5 aromatic heterocycles. The first kappa shape index (κ1) is 92.6. The molecule has 0 spiro atoms. The SMILES string of the molecule is COC(=O)/C=C/c1ccccc1.COC(=O)C1C(c2ccccc2)[C@]2(c3ccc(OC)cc3)Oc3cc(Cl)cnc3[C@@]1(O)C2=O.COC(=O)[C@H]1C(=O)[C@@]2(O)c3ncc(Cl)cc3O[C@@]2(c2ccc(OC)cc2)[C@@H]1c1ccccc1.COC(=O)[C@H]1[C@@H](O)[C@@]2(O)c3ncc(Cl)cc3O[C@@]2(c2ccc(OC)cc2)[C@@H]1c1ccccc1.COc1ccc(-c2oc3cc(Cl)cnc3c(=O)c2O)cc1. The summed E-state index contributed by atoms with van der Waals surface area (Å²) < 4.78 is 65.5. The van der Waals surface area contributed by atoms with Gasteiger partial charge in [-0.3, -0.25) is 43.7 Å². The molecule has 13 atom stereocenters. The second-order valence-electron chi connectivity index (χ2n) is 30.9. The van der Waals surface area contributed by atoms with E-state index in [2.05, 4.69) is 24.7 Å². The van der Waals surface area contributed by atoms with Crippen molar-refractivity contribution in [3.63, 3.8) is 0 Å². The summed E-state index contributed by atoms with van der Waals surface area (Å²) in [5, 5.41) is 59.3. The Morgan fingerprint density at radius 1 is 0.439 bits per heavy atom. The van der Waals surface area contributed by atoms with E-state index in [1.807, 2.05) is 72.8 Å². The van der Waals surface area contributed by atoms with Crippen molar-refractivity contribution in [1.82, 2.24) is 19.9 Å². The number of hydrogen-bond donors (Lipinski definition) is 5. The average Bonchev–Trinajstić information content (AvgIpc) is 1.50. The van der Waals surface area contributed by atoms with Crippen LogP contribution in [0.4, 0.5) is 0 Å². The molecule has 2 unspecified atom stereocenters. The number of ether oxygens (including phenoxy) is 11. The van der Waals surface area contributed by atoms with Crippen molar-refractivity contribution in [3.05, 3.63) is 360 Å². The van der Waals surface area contributed by atoms with Gasteiger partial charge in [0.2, 0.25) is 22.7 Å². The maximum absolute atomic E-state index is 14.2. The number of aromatic hydroxyl groups is 1. The number of rotatable bonds is 16. The standard InChI is InChI=1S/C25H22ClNO6.2C25H20ClNO6.C15H10ClNO4.C10H10O2/c2*1-31-17-10-8-15(9-11-17)25-20(14-6-4-3-5-7-14)19(23(29)32-2)22(28)24(25,30)21-18(33-25)12-16(26)13-27-21;1-31-17-10-8-15(9-11-17)25-19(14-6-4-3-5-7-14)20(22(28)32-2)24(30,23(25)29)21-18(33-25)12-16(26)13-27-21;1-20-10-4-2-8(3-5-10)15-14(19)13(18)12-11(21-15)6-9(16)7-17-12;1-12-10(11)8-7-9-5-3-2-4-6-9/h3-13,19-20,22,28,30H,1-2H3;2*3-13,19-20,30H,1-2H3;2-7,19H,1H3;2-8H,1H3/b;;;;8-7+/t19-,20-,22-,24+,25+;19-,20-,24+,25+;19?,20?,24-,25+;;/m111../s1. The number of ketones is 2. The van der Waals surface area contributed by atoms with Gasteiger partial charge in [0, 0.05) is 77.7 Å². The summed E-state index contributed by atoms with van der Waals surface area (Å²) in [6.45, 7) is 0. The zero-order valence-corrected chi connectivity index (χ0v) is 74.4. The molecule has 5 N–H and O–H groups in total. The molecule has 3 saturated carbocycles. The third-order valence-electron chi connectivity index (χ3n) is 24.2. The van der Waals surface area contributed by atoms with E-state index in [1.165, 1.54) is 91.7 Å². The van der Waals surface area contributed by atoms with Crippen molar-refractivity contribution < 1.29 is 111 Å². The Morgan fingerprint density at radius 2 is 0.856 bits per heavy atom. The van der Waals surface area contributed by atoms with Crippen LogP contribution >= 0.6 is 46.4 Å². The number of aromatic nitrogens is 4. The Bertz CT molecular complexity index is 6580. The molecule has 132 heavy (non-hydrogen) atoms. The summed E-state index contributed by atoms with van der Waals surface area (Å²) in [6, 6.07) is 70.1. The third-order valence-corrected chi connectivity index (χ3v) is 25.0. The van der Waals surface area contributed by atoms with Crippen molar-refractivity contribution in [2.24, 2.45) is 17.8 Å². The van der Waals surface area contributed by atoms with E-state index < -0.39 is 116 Å². The number of methoxy groups -OCH3 is 8. The number of esters is 4. The largest absolute Gasteiger partial charge is 0.501 e. The Morgan fingerprint density at radius 3 is 1.35 bits per heavy atom. The first-order chi connectivity index (χ1) is 63.6. The van der Waals surface area contributed by atoms with Gasteiger partial charge in [0.1, 0.15) is 75.3 Å². The highest BCUT2D eigenvalue weighted by atomic mass is 35.5. The van der Waals surface area contributed by atoms with Gasteiger partial charge in [-0.2, -0.15) is 0 Å². The number of pyridine rings is 4. The molecule has 19 rings (SSSR count). The minimum atomic E-state index is -2.29. The van der Waals surface area contributed by atoms with Crippen molar-refractivity contribution in [2.45, 2.75) is 57.5 Å². The second-order valence-corrected chi connectivity index (χ2v) is 32.6. The molecule has 32 heteroatoms. The Hall–Kier alpha value is -14.1. The van der Waals surface area contributed by atoms with Crippen LogP contribution in [0.15, 0.2) is 283 Å². The van der Waals surface area contributed by atoms with Gasteiger partial charge in [0.15, 0.2) is 45.0 Å². The van der Waals surface area contributed by atoms with Crippen LogP contribution < -0.4 is 38.6 Å². The zero-order chi connectivity index (χ0) is 93.9. The van der Waals surface area contributed by atoms with Gasteiger partial charge in [-0.1, -0.05) is 204 Å². The number of benzene rings is 8. The lowest BCUT2D eigenvalue weighted by Gasteiger charge is -2.40. The van der Waals surface area contributed by atoms with Crippen molar-refractivity contribution in [1.29, 1.82) is 0 Å². The number of carbonyl (C=O) groups is 6. The maximum atomic E-state index is 14.2. The lowest BCUT2D eigenvalue weighted by molar-refractivity contribution is -0.163.